The van der Waals surface area contributed by atoms with E-state index in [1.165, 1.54) is 28.1 Å². The smallest absolute Gasteiger partial charge is 0.305 e. The average molecular weight is 318 g/mol. The fourth-order valence-electron chi connectivity index (χ4n) is 1.97. The van der Waals surface area contributed by atoms with Crippen LogP contribution in [-0.4, -0.2) is 49.3 Å². The summed E-state index contributed by atoms with van der Waals surface area (Å²) < 4.78 is 20.0. The average Bonchev–Trinajstić information content (AvgIpc) is 2.40. The van der Waals surface area contributed by atoms with E-state index in [1.54, 1.807) is 0 Å². The van der Waals surface area contributed by atoms with E-state index < -0.39 is 35.1 Å². The van der Waals surface area contributed by atoms with Crippen LogP contribution in [0.4, 0.5) is 0 Å². The van der Waals surface area contributed by atoms with Gasteiger partial charge in [-0.3, -0.25) is 19.2 Å². The van der Waals surface area contributed by atoms with Crippen LogP contribution in [0.3, 0.4) is 0 Å². The van der Waals surface area contributed by atoms with Crippen LogP contribution in [0.5, 0.6) is 0 Å². The van der Waals surface area contributed by atoms with E-state index in [4.69, 9.17) is 18.9 Å². The Bertz CT molecular complexity index is 416. The summed E-state index contributed by atoms with van der Waals surface area (Å²) in [5.74, 6) is -6.33. The molecule has 0 heterocycles. The molecule has 2 atom stereocenters. The van der Waals surface area contributed by atoms with Gasteiger partial charge in [0.2, 0.25) is 11.6 Å². The SMILES string of the molecule is COC(CCC(OC)(OC(C)=O)C(C)=O)(OC(C)=O)C(C)=O. The normalized spacial score (nSPS) is 16.1. The highest BCUT2D eigenvalue weighted by Gasteiger charge is 2.46. The number of methoxy groups -OCH3 is 2. The molecule has 8 heteroatoms. The maximum atomic E-state index is 11.8. The Balaban J connectivity index is 5.44. The lowest BCUT2D eigenvalue weighted by Gasteiger charge is -2.34. The topological polar surface area (TPSA) is 105 Å². The van der Waals surface area contributed by atoms with E-state index in [-0.39, 0.29) is 12.8 Å². The molecule has 0 N–H and O–H groups in total. The molecule has 0 aromatic carbocycles. The van der Waals surface area contributed by atoms with Crippen LogP contribution in [0, 0.1) is 0 Å². The highest BCUT2D eigenvalue weighted by molar-refractivity contribution is 5.87. The molecule has 0 bridgehead atoms. The van der Waals surface area contributed by atoms with E-state index >= 15 is 0 Å². The number of hydrogen-bond donors (Lipinski definition) is 0. The molecule has 0 rings (SSSR count). The largest absolute Gasteiger partial charge is 0.425 e. The third-order valence-corrected chi connectivity index (χ3v) is 3.13. The molecular formula is C14H22O8. The van der Waals surface area contributed by atoms with Crippen molar-refractivity contribution in [3.8, 4) is 0 Å². The highest BCUT2D eigenvalue weighted by atomic mass is 16.7. The minimum absolute atomic E-state index is 0.223. The molecule has 0 fully saturated rings. The first-order valence-corrected chi connectivity index (χ1v) is 6.56. The molecule has 0 saturated carbocycles. The second kappa shape index (κ2) is 8.00. The summed E-state index contributed by atoms with van der Waals surface area (Å²) in [6.07, 6.45) is -0.446. The van der Waals surface area contributed by atoms with Crippen LogP contribution in [0.2, 0.25) is 0 Å². The van der Waals surface area contributed by atoms with Gasteiger partial charge in [-0.15, -0.1) is 0 Å². The van der Waals surface area contributed by atoms with Crippen LogP contribution in [-0.2, 0) is 38.1 Å². The standard InChI is InChI=1S/C14H22O8/c1-9(15)13(19-5,21-11(3)17)7-8-14(20-6,10(2)16)22-12(4)18/h7-8H2,1-6H3. The third kappa shape index (κ3) is 4.88. The number of carbonyl (C=O) groups is 4. The first kappa shape index (κ1) is 20.2. The molecule has 0 aromatic rings. The van der Waals surface area contributed by atoms with Gasteiger partial charge in [0.1, 0.15) is 0 Å². The lowest BCUT2D eigenvalue weighted by Crippen LogP contribution is -2.49. The van der Waals surface area contributed by atoms with Gasteiger partial charge < -0.3 is 18.9 Å². The molecule has 8 nitrogen and oxygen atoms in total. The molecule has 0 saturated heterocycles. The fraction of sp³-hybridized carbons (Fsp3) is 0.714. The molecule has 0 aliphatic rings. The molecule has 0 aliphatic heterocycles. The van der Waals surface area contributed by atoms with Gasteiger partial charge in [-0.25, -0.2) is 0 Å². The number of esters is 2. The van der Waals surface area contributed by atoms with Crippen LogP contribution >= 0.6 is 0 Å². The van der Waals surface area contributed by atoms with Gasteiger partial charge in [0.25, 0.3) is 11.6 Å². The van der Waals surface area contributed by atoms with Crippen LogP contribution in [0.15, 0.2) is 0 Å². The van der Waals surface area contributed by atoms with Gasteiger partial charge in [-0.1, -0.05) is 0 Å². The Morgan fingerprint density at radius 2 is 0.955 bits per heavy atom. The Morgan fingerprint density at radius 3 is 1.09 bits per heavy atom. The summed E-state index contributed by atoms with van der Waals surface area (Å²) in [7, 11) is 2.39. The van der Waals surface area contributed by atoms with Crippen molar-refractivity contribution in [3.63, 3.8) is 0 Å². The summed E-state index contributed by atoms with van der Waals surface area (Å²) in [6.45, 7) is 4.61. The predicted molar refractivity (Wildman–Crippen MR) is 73.6 cm³/mol. The number of Topliss-reactive ketones (excluding diaryl/α,β-unsaturated/α-hetero) is 2. The Kier molecular flexibility index (Phi) is 7.34. The van der Waals surface area contributed by atoms with Gasteiger partial charge in [-0.2, -0.15) is 0 Å². The van der Waals surface area contributed by atoms with Gasteiger partial charge in [0, 0.05) is 54.8 Å². The van der Waals surface area contributed by atoms with E-state index in [0.717, 1.165) is 13.8 Å². The first-order valence-electron chi connectivity index (χ1n) is 6.56. The number of ketones is 2. The van der Waals surface area contributed by atoms with E-state index in [1.807, 2.05) is 0 Å². The van der Waals surface area contributed by atoms with E-state index in [9.17, 15) is 19.2 Å². The molecule has 0 aromatic heterocycles. The maximum absolute atomic E-state index is 11.8. The van der Waals surface area contributed by atoms with Gasteiger partial charge in [0.05, 0.1) is 0 Å². The Morgan fingerprint density at radius 1 is 0.682 bits per heavy atom. The number of ether oxygens (including phenoxy) is 4. The third-order valence-electron chi connectivity index (χ3n) is 3.13. The minimum Gasteiger partial charge on any atom is -0.425 e. The monoisotopic (exact) mass is 318 g/mol. The zero-order valence-electron chi connectivity index (χ0n) is 13.7. The Labute approximate surface area is 129 Å². The molecule has 22 heavy (non-hydrogen) atoms. The molecule has 2 unspecified atom stereocenters. The van der Waals surface area contributed by atoms with Crippen molar-refractivity contribution < 1.29 is 38.1 Å². The molecule has 0 aliphatic carbocycles. The van der Waals surface area contributed by atoms with Gasteiger partial charge in [0.15, 0.2) is 0 Å². The number of carbonyl (C=O) groups excluding carboxylic acids is 4. The highest BCUT2D eigenvalue weighted by Crippen LogP contribution is 2.29. The van der Waals surface area contributed by atoms with Crippen molar-refractivity contribution >= 4 is 23.5 Å². The van der Waals surface area contributed by atoms with Crippen molar-refractivity contribution in [2.75, 3.05) is 14.2 Å². The predicted octanol–water partition coefficient (Wildman–Crippen LogP) is 0.756. The molecule has 0 amide bonds. The number of hydrogen-bond acceptors (Lipinski definition) is 8. The summed E-state index contributed by atoms with van der Waals surface area (Å²) in [4.78, 5) is 46.0. The summed E-state index contributed by atoms with van der Waals surface area (Å²) in [5.41, 5.74) is 0. The number of rotatable bonds is 9. The second-order valence-corrected chi connectivity index (χ2v) is 4.71. The van der Waals surface area contributed by atoms with Crippen molar-refractivity contribution in [1.82, 2.24) is 0 Å². The van der Waals surface area contributed by atoms with Crippen LogP contribution in [0.1, 0.15) is 40.5 Å². The van der Waals surface area contributed by atoms with Crippen LogP contribution in [0.25, 0.3) is 0 Å². The molecular weight excluding hydrogens is 296 g/mol. The van der Waals surface area contributed by atoms with Gasteiger partial charge in [-0.05, 0) is 0 Å². The quantitative estimate of drug-likeness (QED) is 0.453. The first-order chi connectivity index (χ1) is 10.0. The van der Waals surface area contributed by atoms with E-state index in [0.29, 0.717) is 0 Å². The summed E-state index contributed by atoms with van der Waals surface area (Å²) in [6, 6.07) is 0. The summed E-state index contributed by atoms with van der Waals surface area (Å²) >= 11 is 0. The van der Waals surface area contributed by atoms with Crippen molar-refractivity contribution in [2.24, 2.45) is 0 Å². The van der Waals surface area contributed by atoms with Crippen molar-refractivity contribution in [3.05, 3.63) is 0 Å². The van der Waals surface area contributed by atoms with Crippen LogP contribution < -0.4 is 0 Å². The fourth-order valence-corrected chi connectivity index (χ4v) is 1.97. The zero-order valence-corrected chi connectivity index (χ0v) is 13.7. The molecule has 126 valence electrons. The second-order valence-electron chi connectivity index (χ2n) is 4.71. The molecule has 0 radical (unpaired) electrons. The minimum atomic E-state index is -1.87. The van der Waals surface area contributed by atoms with Crippen molar-refractivity contribution in [2.45, 2.75) is 52.1 Å². The lowest BCUT2D eigenvalue weighted by molar-refractivity contribution is -0.240. The van der Waals surface area contributed by atoms with Crippen molar-refractivity contribution in [1.29, 1.82) is 0 Å². The zero-order chi connectivity index (χ0) is 17.6. The summed E-state index contributed by atoms with van der Waals surface area (Å²) in [5, 5.41) is 0. The Hall–Kier alpha value is -1.80. The lowest BCUT2D eigenvalue weighted by atomic mass is 9.98. The maximum Gasteiger partial charge on any atom is 0.305 e. The molecule has 0 spiro atoms. The van der Waals surface area contributed by atoms with Gasteiger partial charge >= 0.3 is 11.9 Å². The van der Waals surface area contributed by atoms with E-state index in [2.05, 4.69) is 0 Å².